The number of nitrogen functional groups attached to an aromatic ring is 1. The number of nitrogens with one attached hydrogen (secondary N) is 1. The van der Waals surface area contributed by atoms with Crippen molar-refractivity contribution in [2.45, 2.75) is 9.92 Å². The molecule has 2 heterocycles. The van der Waals surface area contributed by atoms with Gasteiger partial charge in [-0.15, -0.1) is 9.63 Å². The largest absolute Gasteiger partial charge is 0.368 e. The van der Waals surface area contributed by atoms with Crippen LogP contribution in [0.3, 0.4) is 0 Å². The molecule has 118 valence electrons. The molecule has 0 spiro atoms. The minimum atomic E-state index is -4.23. The third-order valence-corrected chi connectivity index (χ3v) is 4.19. The molecule has 0 saturated heterocycles. The summed E-state index contributed by atoms with van der Waals surface area (Å²) in [5.74, 6) is 0.0693. The van der Waals surface area contributed by atoms with Gasteiger partial charge < -0.3 is 10.7 Å². The van der Waals surface area contributed by atoms with Crippen LogP contribution in [0.25, 0.3) is 11.2 Å². The van der Waals surface area contributed by atoms with Gasteiger partial charge in [0.05, 0.1) is 28.9 Å². The van der Waals surface area contributed by atoms with Gasteiger partial charge in [-0.2, -0.15) is 13.4 Å². The van der Waals surface area contributed by atoms with E-state index in [-0.39, 0.29) is 10.8 Å². The molecule has 1 aromatic carbocycles. The highest BCUT2D eigenvalue weighted by Crippen LogP contribution is 2.26. The highest BCUT2D eigenvalue weighted by molar-refractivity contribution is 7.98. The zero-order chi connectivity index (χ0) is 16.4. The van der Waals surface area contributed by atoms with E-state index in [1.807, 2.05) is 0 Å². The van der Waals surface area contributed by atoms with Crippen molar-refractivity contribution in [2.24, 2.45) is 9.63 Å². The highest BCUT2D eigenvalue weighted by atomic mass is 32.2. The van der Waals surface area contributed by atoms with E-state index in [1.54, 1.807) is 0 Å². The van der Waals surface area contributed by atoms with Crippen molar-refractivity contribution < 1.29 is 13.0 Å². The first-order valence-electron chi connectivity index (χ1n) is 6.06. The third kappa shape index (κ3) is 3.44. The molecular weight excluding hydrogens is 342 g/mol. The highest BCUT2D eigenvalue weighted by Gasteiger charge is 2.10. The zero-order valence-corrected chi connectivity index (χ0v) is 12.9. The van der Waals surface area contributed by atoms with Crippen LogP contribution in [-0.2, 0) is 10.1 Å². The van der Waals surface area contributed by atoms with Crippen LogP contribution in [0.15, 0.2) is 50.1 Å². The maximum absolute atomic E-state index is 10.9. The van der Waals surface area contributed by atoms with Gasteiger partial charge >= 0.3 is 0 Å². The van der Waals surface area contributed by atoms with Crippen molar-refractivity contribution in [2.75, 3.05) is 5.73 Å². The van der Waals surface area contributed by atoms with Gasteiger partial charge in [0.2, 0.25) is 5.95 Å². The maximum Gasteiger partial charge on any atom is 0.294 e. The summed E-state index contributed by atoms with van der Waals surface area (Å²) in [4.78, 5) is 14.6. The molecule has 0 aliphatic heterocycles. The molecule has 0 amide bonds. The van der Waals surface area contributed by atoms with Crippen LogP contribution in [0.5, 0.6) is 0 Å². The number of H-pyrrole nitrogens is 1. The Hall–Kier alpha value is -2.57. The molecule has 23 heavy (non-hydrogen) atoms. The molecule has 0 aliphatic carbocycles. The van der Waals surface area contributed by atoms with Gasteiger partial charge in [-0.05, 0) is 24.3 Å². The monoisotopic (exact) mass is 351 g/mol. The molecule has 2 aromatic heterocycles. The van der Waals surface area contributed by atoms with E-state index in [9.17, 15) is 8.42 Å². The van der Waals surface area contributed by atoms with Crippen molar-refractivity contribution in [1.82, 2.24) is 19.9 Å². The number of imidazole rings is 1. The molecule has 0 saturated carbocycles. The van der Waals surface area contributed by atoms with Crippen LogP contribution in [-0.4, -0.2) is 32.9 Å². The second kappa shape index (κ2) is 5.91. The minimum absolute atomic E-state index is 0.0693. The number of nitrogens with zero attached hydrogens (tertiary/aromatic N) is 5. The summed E-state index contributed by atoms with van der Waals surface area (Å²) in [6.45, 7) is 0. The fraction of sp³-hybridized carbons (Fsp3) is 0. The number of aromatic nitrogens is 4. The Morgan fingerprint density at radius 2 is 1.96 bits per heavy atom. The van der Waals surface area contributed by atoms with Gasteiger partial charge in [0.15, 0.2) is 10.7 Å². The molecule has 4 N–H and O–H groups in total. The molecular formula is C11H9N7O3S2. The Morgan fingerprint density at radius 3 is 2.65 bits per heavy atom. The number of nitrogens with two attached hydrogens (primary N) is 1. The summed E-state index contributed by atoms with van der Waals surface area (Å²) in [5, 5.41) is 4.38. The summed E-state index contributed by atoms with van der Waals surface area (Å²) in [6, 6.07) is 5.27. The number of benzene rings is 1. The van der Waals surface area contributed by atoms with E-state index in [0.717, 1.165) is 11.9 Å². The molecule has 0 aliphatic rings. The Labute approximate surface area is 134 Å². The van der Waals surface area contributed by atoms with Crippen molar-refractivity contribution in [3.8, 4) is 0 Å². The van der Waals surface area contributed by atoms with E-state index in [4.69, 9.17) is 10.3 Å². The topological polar surface area (TPSA) is 160 Å². The number of rotatable bonds is 4. The van der Waals surface area contributed by atoms with E-state index in [0.29, 0.717) is 21.9 Å². The summed E-state index contributed by atoms with van der Waals surface area (Å²) in [5.41, 5.74) is 7.00. The first kappa shape index (κ1) is 15.3. The fourth-order valence-electron chi connectivity index (χ4n) is 1.68. The number of anilines is 1. The molecule has 0 bridgehead atoms. The lowest BCUT2D eigenvalue weighted by Gasteiger charge is -1.98. The standard InChI is InChI=1S/C11H9N7O3S2/c12-11-15-9-8(13-5-14-9)10(16-11)22-18-17-6-1-3-7(4-2-6)23(19,20)21/h1-5H,(H,19,20,21)(H3,12,13,14,15,16). The lowest BCUT2D eigenvalue weighted by atomic mass is 10.3. The predicted molar refractivity (Wildman–Crippen MR) is 82.7 cm³/mol. The quantitative estimate of drug-likeness (QED) is 0.278. The molecule has 0 radical (unpaired) electrons. The van der Waals surface area contributed by atoms with Gasteiger partial charge in [-0.1, -0.05) is 0 Å². The molecule has 3 aromatic rings. The van der Waals surface area contributed by atoms with E-state index in [2.05, 4.69) is 29.6 Å². The summed E-state index contributed by atoms with van der Waals surface area (Å²) in [6.07, 6.45) is 1.47. The first-order chi connectivity index (χ1) is 10.9. The zero-order valence-electron chi connectivity index (χ0n) is 11.3. The van der Waals surface area contributed by atoms with Crippen molar-refractivity contribution in [3.05, 3.63) is 30.6 Å². The van der Waals surface area contributed by atoms with Gasteiger partial charge in [0.1, 0.15) is 5.52 Å². The summed E-state index contributed by atoms with van der Waals surface area (Å²) < 4.78 is 34.7. The van der Waals surface area contributed by atoms with Gasteiger partial charge in [0.25, 0.3) is 10.1 Å². The predicted octanol–water partition coefficient (Wildman–Crippen LogP) is 1.97. The van der Waals surface area contributed by atoms with Gasteiger partial charge in [0, 0.05) is 0 Å². The van der Waals surface area contributed by atoms with E-state index < -0.39 is 10.1 Å². The maximum atomic E-state index is 10.9. The Bertz CT molecular complexity index is 983. The van der Waals surface area contributed by atoms with Crippen LogP contribution in [0.2, 0.25) is 0 Å². The average Bonchev–Trinajstić information content (AvgIpc) is 2.95. The van der Waals surface area contributed by atoms with Crippen molar-refractivity contribution in [3.63, 3.8) is 0 Å². The molecule has 3 rings (SSSR count). The number of hydrogen-bond donors (Lipinski definition) is 3. The minimum Gasteiger partial charge on any atom is -0.368 e. The Kier molecular flexibility index (Phi) is 3.94. The van der Waals surface area contributed by atoms with Crippen LogP contribution >= 0.6 is 11.9 Å². The van der Waals surface area contributed by atoms with Gasteiger partial charge in [-0.25, -0.2) is 9.97 Å². The van der Waals surface area contributed by atoms with E-state index in [1.165, 1.54) is 30.6 Å². The number of aromatic amines is 1. The first-order valence-corrected chi connectivity index (χ1v) is 8.27. The normalized spacial score (nSPS) is 12.2. The second-order valence-corrected chi connectivity index (χ2v) is 6.38. The average molecular weight is 351 g/mol. The fourth-order valence-corrected chi connectivity index (χ4v) is 2.75. The summed E-state index contributed by atoms with van der Waals surface area (Å²) >= 11 is 0.962. The SMILES string of the molecule is Nc1nc(SN=Nc2ccc(S(=O)(=O)O)cc2)c2[nH]cnc2n1. The smallest absolute Gasteiger partial charge is 0.294 e. The molecule has 0 atom stereocenters. The molecule has 10 nitrogen and oxygen atoms in total. The van der Waals surface area contributed by atoms with Crippen LogP contribution in [0.1, 0.15) is 0 Å². The lowest BCUT2D eigenvalue weighted by Crippen LogP contribution is -1.96. The van der Waals surface area contributed by atoms with Crippen molar-refractivity contribution >= 4 is 44.9 Å². The lowest BCUT2D eigenvalue weighted by molar-refractivity contribution is 0.483. The van der Waals surface area contributed by atoms with Crippen molar-refractivity contribution in [1.29, 1.82) is 0 Å². The third-order valence-electron chi connectivity index (χ3n) is 2.69. The Balaban J connectivity index is 1.79. The molecule has 12 heteroatoms. The second-order valence-electron chi connectivity index (χ2n) is 4.23. The van der Waals surface area contributed by atoms with Crippen LogP contribution in [0, 0.1) is 0 Å². The van der Waals surface area contributed by atoms with E-state index >= 15 is 0 Å². The van der Waals surface area contributed by atoms with Crippen LogP contribution < -0.4 is 5.73 Å². The molecule has 0 fully saturated rings. The van der Waals surface area contributed by atoms with Gasteiger partial charge in [-0.3, -0.25) is 4.55 Å². The number of hydrogen-bond acceptors (Lipinski definition) is 9. The van der Waals surface area contributed by atoms with Crippen LogP contribution in [0.4, 0.5) is 11.6 Å². The number of fused-ring (bicyclic) bond motifs is 1. The Morgan fingerprint density at radius 1 is 1.22 bits per heavy atom. The summed E-state index contributed by atoms with van der Waals surface area (Å²) in [7, 11) is -4.23. The molecule has 0 unspecified atom stereocenters.